The van der Waals surface area contributed by atoms with Crippen molar-refractivity contribution in [3.8, 4) is 0 Å². The molecule has 20 heavy (non-hydrogen) atoms. The summed E-state index contributed by atoms with van der Waals surface area (Å²) in [5.74, 6) is 0. The predicted octanol–water partition coefficient (Wildman–Crippen LogP) is 3.20. The number of hydrogen-bond acceptors (Lipinski definition) is 2. The van der Waals surface area contributed by atoms with Crippen LogP contribution in [0.25, 0.3) is 0 Å². The van der Waals surface area contributed by atoms with E-state index in [4.69, 9.17) is 0 Å². The lowest BCUT2D eigenvalue weighted by Crippen LogP contribution is -2.46. The highest BCUT2D eigenvalue weighted by Crippen LogP contribution is 2.35. The summed E-state index contributed by atoms with van der Waals surface area (Å²) in [4.78, 5) is 1.95. The zero-order chi connectivity index (χ0) is 14.8. The minimum atomic E-state index is -4.15. The molecule has 1 aromatic carbocycles. The molecule has 2 rings (SSSR count). The van der Waals surface area contributed by atoms with Crippen molar-refractivity contribution >= 4 is 0 Å². The van der Waals surface area contributed by atoms with Crippen LogP contribution in [-0.4, -0.2) is 37.3 Å². The van der Waals surface area contributed by atoms with E-state index in [0.29, 0.717) is 13.1 Å². The molecule has 5 heteroatoms. The lowest BCUT2D eigenvalue weighted by Gasteiger charge is -2.36. The van der Waals surface area contributed by atoms with Crippen molar-refractivity contribution in [3.05, 3.63) is 34.9 Å². The molecular formula is C15H21F3N2. The molecule has 1 aliphatic rings. The van der Waals surface area contributed by atoms with Crippen LogP contribution in [0.2, 0.25) is 0 Å². The van der Waals surface area contributed by atoms with E-state index in [1.54, 1.807) is 0 Å². The van der Waals surface area contributed by atoms with Crippen LogP contribution in [-0.2, 0) is 0 Å². The first-order valence-electron chi connectivity index (χ1n) is 6.95. The summed E-state index contributed by atoms with van der Waals surface area (Å²) in [6, 6.07) is 5.18. The Bertz CT molecular complexity index is 451. The average Bonchev–Trinajstić information content (AvgIpc) is 2.39. The SMILES string of the molecule is Cc1ccc(C)c([C@H](CC(F)(F)F)N2CCNCC2)c1. The van der Waals surface area contributed by atoms with Crippen LogP contribution in [0.15, 0.2) is 18.2 Å². The Morgan fingerprint density at radius 1 is 1.20 bits per heavy atom. The van der Waals surface area contributed by atoms with Crippen LogP contribution in [0, 0.1) is 13.8 Å². The molecule has 1 aromatic rings. The van der Waals surface area contributed by atoms with Gasteiger partial charge in [-0.2, -0.15) is 13.2 Å². The third kappa shape index (κ3) is 3.96. The number of aryl methyl sites for hydroxylation is 2. The summed E-state index contributed by atoms with van der Waals surface area (Å²) < 4.78 is 38.8. The third-order valence-electron chi connectivity index (χ3n) is 3.81. The Balaban J connectivity index is 2.31. The second kappa shape index (κ2) is 6.14. The summed E-state index contributed by atoms with van der Waals surface area (Å²) in [5, 5.41) is 3.19. The molecule has 0 aromatic heterocycles. The summed E-state index contributed by atoms with van der Waals surface area (Å²) in [6.07, 6.45) is -4.93. The zero-order valence-electron chi connectivity index (χ0n) is 11.9. The number of nitrogens with zero attached hydrogens (tertiary/aromatic N) is 1. The molecule has 1 atom stereocenters. The highest BCUT2D eigenvalue weighted by atomic mass is 19.4. The molecule has 0 bridgehead atoms. The maximum atomic E-state index is 12.9. The van der Waals surface area contributed by atoms with Crippen LogP contribution in [0.3, 0.4) is 0 Å². The van der Waals surface area contributed by atoms with Crippen molar-refractivity contribution < 1.29 is 13.2 Å². The Hall–Kier alpha value is -1.07. The first-order valence-corrected chi connectivity index (χ1v) is 6.95. The number of halogens is 3. The van der Waals surface area contributed by atoms with Gasteiger partial charge < -0.3 is 5.32 Å². The third-order valence-corrected chi connectivity index (χ3v) is 3.81. The smallest absolute Gasteiger partial charge is 0.314 e. The van der Waals surface area contributed by atoms with Crippen LogP contribution >= 0.6 is 0 Å². The minimum Gasteiger partial charge on any atom is -0.314 e. The molecule has 1 aliphatic heterocycles. The molecule has 1 saturated heterocycles. The van der Waals surface area contributed by atoms with E-state index in [-0.39, 0.29) is 0 Å². The summed E-state index contributed by atoms with van der Waals surface area (Å²) in [5.41, 5.74) is 2.75. The molecule has 1 heterocycles. The highest BCUT2D eigenvalue weighted by Gasteiger charge is 2.36. The maximum Gasteiger partial charge on any atom is 0.390 e. The van der Waals surface area contributed by atoms with E-state index in [1.165, 1.54) is 0 Å². The first-order chi connectivity index (χ1) is 9.37. The standard InChI is InChI=1S/C15H21F3N2/c1-11-3-4-12(2)13(9-11)14(10-15(16,17)18)20-7-5-19-6-8-20/h3-4,9,14,19H,5-8,10H2,1-2H3/t14-/m0/s1. The Labute approximate surface area is 118 Å². The van der Waals surface area contributed by atoms with E-state index < -0.39 is 18.6 Å². The fourth-order valence-corrected chi connectivity index (χ4v) is 2.77. The fraction of sp³-hybridized carbons (Fsp3) is 0.600. The summed E-state index contributed by atoms with van der Waals surface area (Å²) >= 11 is 0. The monoisotopic (exact) mass is 286 g/mol. The zero-order valence-corrected chi connectivity index (χ0v) is 11.9. The summed E-state index contributed by atoms with van der Waals surface area (Å²) in [7, 11) is 0. The highest BCUT2D eigenvalue weighted by molar-refractivity contribution is 5.33. The summed E-state index contributed by atoms with van der Waals surface area (Å²) in [6.45, 7) is 6.63. The van der Waals surface area contributed by atoms with Gasteiger partial charge in [0.25, 0.3) is 0 Å². The molecule has 112 valence electrons. The van der Waals surface area contributed by atoms with E-state index in [9.17, 15) is 13.2 Å². The topological polar surface area (TPSA) is 15.3 Å². The molecule has 0 spiro atoms. The predicted molar refractivity (Wildman–Crippen MR) is 73.8 cm³/mol. The van der Waals surface area contributed by atoms with Gasteiger partial charge in [0.15, 0.2) is 0 Å². The van der Waals surface area contributed by atoms with Gasteiger partial charge in [0, 0.05) is 32.2 Å². The quantitative estimate of drug-likeness (QED) is 0.918. The van der Waals surface area contributed by atoms with Crippen molar-refractivity contribution in [1.29, 1.82) is 0 Å². The van der Waals surface area contributed by atoms with E-state index in [2.05, 4.69) is 5.32 Å². The van der Waals surface area contributed by atoms with Gasteiger partial charge in [-0.05, 0) is 25.0 Å². The maximum absolute atomic E-state index is 12.9. The largest absolute Gasteiger partial charge is 0.390 e. The second-order valence-electron chi connectivity index (χ2n) is 5.48. The van der Waals surface area contributed by atoms with Crippen LogP contribution in [0.4, 0.5) is 13.2 Å². The molecule has 0 radical (unpaired) electrons. The van der Waals surface area contributed by atoms with Gasteiger partial charge in [-0.25, -0.2) is 0 Å². The van der Waals surface area contributed by atoms with E-state index in [1.807, 2.05) is 36.9 Å². The minimum absolute atomic E-state index is 0.572. The van der Waals surface area contributed by atoms with Gasteiger partial charge in [0.1, 0.15) is 0 Å². The Morgan fingerprint density at radius 2 is 1.85 bits per heavy atom. The molecule has 1 N–H and O–H groups in total. The normalized spacial score (nSPS) is 19.1. The Kier molecular flexibility index (Phi) is 4.70. The van der Waals surface area contributed by atoms with Gasteiger partial charge in [-0.1, -0.05) is 23.8 Å². The van der Waals surface area contributed by atoms with Crippen molar-refractivity contribution in [2.75, 3.05) is 26.2 Å². The molecule has 0 saturated carbocycles. The van der Waals surface area contributed by atoms with Crippen molar-refractivity contribution in [3.63, 3.8) is 0 Å². The lowest BCUT2D eigenvalue weighted by atomic mass is 9.95. The molecule has 0 aliphatic carbocycles. The van der Waals surface area contributed by atoms with Crippen molar-refractivity contribution in [2.45, 2.75) is 32.5 Å². The molecule has 1 fully saturated rings. The number of benzene rings is 1. The Morgan fingerprint density at radius 3 is 2.45 bits per heavy atom. The molecule has 2 nitrogen and oxygen atoms in total. The van der Waals surface area contributed by atoms with E-state index >= 15 is 0 Å². The average molecular weight is 286 g/mol. The first kappa shape index (κ1) is 15.3. The van der Waals surface area contributed by atoms with E-state index in [0.717, 1.165) is 29.8 Å². The molecule has 0 unspecified atom stereocenters. The van der Waals surface area contributed by atoms with Crippen LogP contribution in [0.1, 0.15) is 29.2 Å². The van der Waals surface area contributed by atoms with Gasteiger partial charge in [0.2, 0.25) is 0 Å². The van der Waals surface area contributed by atoms with Crippen molar-refractivity contribution in [2.24, 2.45) is 0 Å². The lowest BCUT2D eigenvalue weighted by molar-refractivity contribution is -0.148. The van der Waals surface area contributed by atoms with Crippen LogP contribution < -0.4 is 5.32 Å². The van der Waals surface area contributed by atoms with Gasteiger partial charge >= 0.3 is 6.18 Å². The van der Waals surface area contributed by atoms with Gasteiger partial charge in [-0.15, -0.1) is 0 Å². The van der Waals surface area contributed by atoms with Crippen molar-refractivity contribution in [1.82, 2.24) is 10.2 Å². The number of alkyl halides is 3. The second-order valence-corrected chi connectivity index (χ2v) is 5.48. The van der Waals surface area contributed by atoms with Gasteiger partial charge in [-0.3, -0.25) is 4.90 Å². The van der Waals surface area contributed by atoms with Crippen LogP contribution in [0.5, 0.6) is 0 Å². The molecule has 0 amide bonds. The number of hydrogen-bond donors (Lipinski definition) is 1. The molecular weight excluding hydrogens is 265 g/mol. The number of rotatable bonds is 3. The number of nitrogens with one attached hydrogen (secondary N) is 1. The number of piperazine rings is 1. The van der Waals surface area contributed by atoms with Gasteiger partial charge in [0.05, 0.1) is 6.42 Å². The fourth-order valence-electron chi connectivity index (χ4n) is 2.77.